The summed E-state index contributed by atoms with van der Waals surface area (Å²) in [7, 11) is 0. The zero-order valence-electron chi connectivity index (χ0n) is 7.22. The van der Waals surface area contributed by atoms with Crippen molar-refractivity contribution in [2.75, 3.05) is 0 Å². The van der Waals surface area contributed by atoms with Gasteiger partial charge in [0.05, 0.1) is 12.2 Å². The van der Waals surface area contributed by atoms with Crippen molar-refractivity contribution in [3.63, 3.8) is 0 Å². The van der Waals surface area contributed by atoms with Crippen molar-refractivity contribution in [2.24, 2.45) is 0 Å². The second-order valence-electron chi connectivity index (χ2n) is 3.29. The van der Waals surface area contributed by atoms with Gasteiger partial charge in [0.15, 0.2) is 0 Å². The number of hydrogen-bond donors (Lipinski definition) is 1. The fourth-order valence-corrected chi connectivity index (χ4v) is 1.26. The van der Waals surface area contributed by atoms with Gasteiger partial charge in [0.25, 0.3) is 0 Å². The number of rotatable bonds is 0. The fraction of sp³-hybridized carbons (Fsp3) is 1.00. The number of hydrogen-bond acceptors (Lipinski definition) is 2. The van der Waals surface area contributed by atoms with E-state index in [0.29, 0.717) is 24.3 Å². The normalized spacial score (nSPS) is 49.2. The zero-order valence-corrected chi connectivity index (χ0v) is 7.22. The maximum absolute atomic E-state index is 5.65. The van der Waals surface area contributed by atoms with E-state index >= 15 is 0 Å². The second kappa shape index (κ2) is 2.89. The van der Waals surface area contributed by atoms with Crippen LogP contribution in [0.2, 0.25) is 0 Å². The summed E-state index contributed by atoms with van der Waals surface area (Å²) in [5.74, 6) is 0. The molecule has 0 radical (unpaired) electrons. The number of ether oxygens (including phenoxy) is 1. The van der Waals surface area contributed by atoms with E-state index in [1.165, 1.54) is 0 Å². The van der Waals surface area contributed by atoms with Crippen LogP contribution in [0.25, 0.3) is 0 Å². The Morgan fingerprint density at radius 1 is 0.900 bits per heavy atom. The van der Waals surface area contributed by atoms with Crippen LogP contribution in [-0.2, 0) is 4.74 Å². The highest BCUT2D eigenvalue weighted by Crippen LogP contribution is 2.12. The average Bonchev–Trinajstić information content (AvgIpc) is 1.84. The van der Waals surface area contributed by atoms with Gasteiger partial charge in [-0.05, 0) is 27.7 Å². The molecule has 2 heteroatoms. The third-order valence-electron chi connectivity index (χ3n) is 2.36. The molecule has 60 valence electrons. The number of morpholine rings is 1. The Bertz CT molecular complexity index is 89.8. The van der Waals surface area contributed by atoms with Crippen LogP contribution in [0.15, 0.2) is 0 Å². The lowest BCUT2D eigenvalue weighted by Gasteiger charge is -2.37. The highest BCUT2D eigenvalue weighted by Gasteiger charge is 2.26. The molecule has 1 heterocycles. The van der Waals surface area contributed by atoms with Crippen LogP contribution in [0, 0.1) is 0 Å². The molecular weight excluding hydrogens is 126 g/mol. The quantitative estimate of drug-likeness (QED) is 0.549. The molecule has 0 amide bonds. The van der Waals surface area contributed by atoms with Crippen LogP contribution in [0.1, 0.15) is 27.7 Å². The van der Waals surface area contributed by atoms with Gasteiger partial charge in [-0.3, -0.25) is 0 Å². The first-order chi connectivity index (χ1) is 4.61. The number of nitrogens with one attached hydrogen (secondary N) is 1. The minimum Gasteiger partial charge on any atom is -0.372 e. The molecular formula is C8H17NO. The van der Waals surface area contributed by atoms with Crippen molar-refractivity contribution in [1.82, 2.24) is 5.32 Å². The Morgan fingerprint density at radius 3 is 1.60 bits per heavy atom. The SMILES string of the molecule is C[C@@H]1O[C@H](C)[C@@H](C)N[C@@H]1C. The van der Waals surface area contributed by atoms with Gasteiger partial charge in [-0.15, -0.1) is 0 Å². The molecule has 0 saturated carbocycles. The molecule has 0 bridgehead atoms. The van der Waals surface area contributed by atoms with Crippen LogP contribution in [0.4, 0.5) is 0 Å². The molecule has 1 aliphatic heterocycles. The van der Waals surface area contributed by atoms with Gasteiger partial charge in [0, 0.05) is 12.1 Å². The Hall–Kier alpha value is -0.0800. The molecule has 0 aromatic heterocycles. The van der Waals surface area contributed by atoms with E-state index in [2.05, 4.69) is 33.0 Å². The van der Waals surface area contributed by atoms with Crippen LogP contribution in [-0.4, -0.2) is 24.3 Å². The third kappa shape index (κ3) is 1.50. The molecule has 4 atom stereocenters. The van der Waals surface area contributed by atoms with Crippen LogP contribution >= 0.6 is 0 Å². The summed E-state index contributed by atoms with van der Waals surface area (Å²) in [6.07, 6.45) is 0.706. The monoisotopic (exact) mass is 143 g/mol. The Balaban J connectivity index is 2.46. The van der Waals surface area contributed by atoms with E-state index < -0.39 is 0 Å². The second-order valence-corrected chi connectivity index (χ2v) is 3.29. The lowest BCUT2D eigenvalue weighted by atomic mass is 10.1. The molecule has 1 fully saturated rings. The van der Waals surface area contributed by atoms with E-state index in [4.69, 9.17) is 4.74 Å². The Kier molecular flexibility index (Phi) is 2.32. The van der Waals surface area contributed by atoms with Crippen molar-refractivity contribution in [3.05, 3.63) is 0 Å². The minimum absolute atomic E-state index is 0.353. The molecule has 1 aliphatic rings. The van der Waals surface area contributed by atoms with Crippen molar-refractivity contribution < 1.29 is 4.74 Å². The van der Waals surface area contributed by atoms with E-state index in [0.717, 1.165) is 0 Å². The summed E-state index contributed by atoms with van der Waals surface area (Å²) < 4.78 is 5.65. The van der Waals surface area contributed by atoms with Gasteiger partial charge in [-0.25, -0.2) is 0 Å². The molecule has 0 spiro atoms. The van der Waals surface area contributed by atoms with Gasteiger partial charge in [0.1, 0.15) is 0 Å². The van der Waals surface area contributed by atoms with Crippen molar-refractivity contribution in [3.8, 4) is 0 Å². The van der Waals surface area contributed by atoms with Gasteiger partial charge in [0.2, 0.25) is 0 Å². The van der Waals surface area contributed by atoms with Crippen LogP contribution in [0.3, 0.4) is 0 Å². The maximum atomic E-state index is 5.65. The first-order valence-corrected chi connectivity index (χ1v) is 4.02. The molecule has 1 N–H and O–H groups in total. The summed E-state index contributed by atoms with van der Waals surface area (Å²) >= 11 is 0. The maximum Gasteiger partial charge on any atom is 0.0701 e. The van der Waals surface area contributed by atoms with E-state index in [1.807, 2.05) is 0 Å². The summed E-state index contributed by atoms with van der Waals surface area (Å²) in [4.78, 5) is 0. The molecule has 0 aromatic rings. The summed E-state index contributed by atoms with van der Waals surface area (Å²) in [5, 5.41) is 3.45. The average molecular weight is 143 g/mol. The first-order valence-electron chi connectivity index (χ1n) is 4.02. The van der Waals surface area contributed by atoms with Gasteiger partial charge in [-0.2, -0.15) is 0 Å². The highest BCUT2D eigenvalue weighted by molar-refractivity contribution is 4.82. The van der Waals surface area contributed by atoms with Crippen molar-refractivity contribution in [1.29, 1.82) is 0 Å². The van der Waals surface area contributed by atoms with E-state index in [9.17, 15) is 0 Å². The van der Waals surface area contributed by atoms with Crippen molar-refractivity contribution >= 4 is 0 Å². The lowest BCUT2D eigenvalue weighted by molar-refractivity contribution is -0.0620. The van der Waals surface area contributed by atoms with Crippen LogP contribution in [0.5, 0.6) is 0 Å². The molecule has 0 aromatic carbocycles. The molecule has 0 unspecified atom stereocenters. The standard InChI is InChI=1S/C8H17NO/c1-5-7(3)10-8(4)6(2)9-5/h5-9H,1-4H3/t5-,6-,7-,8+/m1/s1. The molecule has 0 aliphatic carbocycles. The largest absolute Gasteiger partial charge is 0.372 e. The molecule has 2 nitrogen and oxygen atoms in total. The predicted octanol–water partition coefficient (Wildman–Crippen LogP) is 1.16. The lowest BCUT2D eigenvalue weighted by Crippen LogP contribution is -2.54. The topological polar surface area (TPSA) is 21.3 Å². The van der Waals surface area contributed by atoms with Gasteiger partial charge >= 0.3 is 0 Å². The van der Waals surface area contributed by atoms with E-state index in [-0.39, 0.29) is 0 Å². The third-order valence-corrected chi connectivity index (χ3v) is 2.36. The molecule has 1 saturated heterocycles. The summed E-state index contributed by atoms with van der Waals surface area (Å²) in [6, 6.07) is 0.984. The van der Waals surface area contributed by atoms with Gasteiger partial charge in [-0.1, -0.05) is 0 Å². The first kappa shape index (κ1) is 8.02. The highest BCUT2D eigenvalue weighted by atomic mass is 16.5. The smallest absolute Gasteiger partial charge is 0.0701 e. The fourth-order valence-electron chi connectivity index (χ4n) is 1.26. The van der Waals surface area contributed by atoms with Crippen molar-refractivity contribution in [2.45, 2.75) is 52.0 Å². The zero-order chi connectivity index (χ0) is 7.72. The Morgan fingerprint density at radius 2 is 1.30 bits per heavy atom. The van der Waals surface area contributed by atoms with Gasteiger partial charge < -0.3 is 10.1 Å². The van der Waals surface area contributed by atoms with Crippen LogP contribution < -0.4 is 5.32 Å². The predicted molar refractivity (Wildman–Crippen MR) is 42.1 cm³/mol. The molecule has 1 rings (SSSR count). The molecule has 10 heavy (non-hydrogen) atoms. The minimum atomic E-state index is 0.353. The Labute approximate surface area is 63.0 Å². The summed E-state index contributed by atoms with van der Waals surface area (Å²) in [5.41, 5.74) is 0. The summed E-state index contributed by atoms with van der Waals surface area (Å²) in [6.45, 7) is 8.54. The van der Waals surface area contributed by atoms with E-state index in [1.54, 1.807) is 0 Å².